The van der Waals surface area contributed by atoms with Crippen LogP contribution in [0, 0.1) is 12.8 Å². The van der Waals surface area contributed by atoms with Gasteiger partial charge in [0.2, 0.25) is 5.89 Å². The quantitative estimate of drug-likeness (QED) is 0.257. The van der Waals surface area contributed by atoms with Gasteiger partial charge in [-0.15, -0.1) is 0 Å². The molecule has 2 heterocycles. The predicted molar refractivity (Wildman–Crippen MR) is 148 cm³/mol. The van der Waals surface area contributed by atoms with Gasteiger partial charge in [-0.1, -0.05) is 68.1 Å². The Labute approximate surface area is 212 Å². The lowest BCUT2D eigenvalue weighted by atomic mass is 9.84. The van der Waals surface area contributed by atoms with E-state index in [0.717, 1.165) is 46.5 Å². The van der Waals surface area contributed by atoms with Crippen molar-refractivity contribution in [1.29, 1.82) is 0 Å². The number of hydrogen-bond acceptors (Lipinski definition) is 6. The van der Waals surface area contributed by atoms with Gasteiger partial charge in [0.05, 0.1) is 5.52 Å². The van der Waals surface area contributed by atoms with Gasteiger partial charge in [-0.25, -0.2) is 4.98 Å². The molecule has 0 amide bonds. The molecule has 0 saturated heterocycles. The van der Waals surface area contributed by atoms with E-state index in [2.05, 4.69) is 71.8 Å². The van der Waals surface area contributed by atoms with Gasteiger partial charge in [-0.05, 0) is 67.5 Å². The lowest BCUT2D eigenvalue weighted by Gasteiger charge is -2.24. The summed E-state index contributed by atoms with van der Waals surface area (Å²) in [6.45, 7) is 4.42. The molecule has 0 radical (unpaired) electrons. The standard InChI is InChI=1S/C30H33N5O/c1-3-9-26(23-10-5-4-6-11-23)34-29-21(2)25-12-7-8-13-27(25)35-30(29)33-24-17-14-22(15-18-24)16-19-28-31-20-32-36-28/h7-8,12-20,23H,3-6,9-11H2,1-2H3,(H,33,35)/b19-16+,34-26+. The Morgan fingerprint density at radius 2 is 1.86 bits per heavy atom. The van der Waals surface area contributed by atoms with E-state index in [9.17, 15) is 0 Å². The molecule has 5 rings (SSSR count). The summed E-state index contributed by atoms with van der Waals surface area (Å²) in [5, 5.41) is 8.35. The van der Waals surface area contributed by atoms with Crippen LogP contribution < -0.4 is 5.32 Å². The number of aliphatic imine (C=N–C) groups is 1. The highest BCUT2D eigenvalue weighted by molar-refractivity contribution is 5.96. The van der Waals surface area contributed by atoms with Crippen molar-refractivity contribution < 1.29 is 4.52 Å². The number of aromatic nitrogens is 3. The van der Waals surface area contributed by atoms with E-state index in [4.69, 9.17) is 14.5 Å². The zero-order valence-electron chi connectivity index (χ0n) is 21.1. The minimum absolute atomic E-state index is 0.483. The summed E-state index contributed by atoms with van der Waals surface area (Å²) in [5.74, 6) is 1.88. The molecule has 0 atom stereocenters. The number of hydrogen-bond donors (Lipinski definition) is 1. The van der Waals surface area contributed by atoms with E-state index < -0.39 is 0 Å². The summed E-state index contributed by atoms with van der Waals surface area (Å²) in [4.78, 5) is 14.4. The molecule has 1 saturated carbocycles. The zero-order chi connectivity index (χ0) is 24.7. The van der Waals surface area contributed by atoms with Crippen LogP contribution in [-0.2, 0) is 0 Å². The first-order valence-electron chi connectivity index (χ1n) is 13.0. The van der Waals surface area contributed by atoms with Crippen LogP contribution in [0.3, 0.4) is 0 Å². The van der Waals surface area contributed by atoms with Crippen LogP contribution in [0.2, 0.25) is 0 Å². The van der Waals surface area contributed by atoms with Gasteiger partial charge in [-0.2, -0.15) is 4.98 Å². The fourth-order valence-electron chi connectivity index (χ4n) is 5.01. The molecule has 1 aliphatic rings. The second-order valence-electron chi connectivity index (χ2n) is 9.50. The normalized spacial score (nSPS) is 15.1. The summed E-state index contributed by atoms with van der Waals surface area (Å²) in [7, 11) is 0. The van der Waals surface area contributed by atoms with Crippen molar-refractivity contribution in [3.05, 3.63) is 71.9 Å². The van der Waals surface area contributed by atoms with Gasteiger partial charge in [-0.3, -0.25) is 4.99 Å². The van der Waals surface area contributed by atoms with E-state index in [-0.39, 0.29) is 0 Å². The maximum absolute atomic E-state index is 5.35. The molecule has 6 heteroatoms. The first-order valence-corrected chi connectivity index (χ1v) is 13.0. The van der Waals surface area contributed by atoms with Crippen molar-refractivity contribution in [2.45, 2.75) is 58.8 Å². The Bertz CT molecular complexity index is 1350. The molecule has 0 unspecified atom stereocenters. The van der Waals surface area contributed by atoms with Crippen LogP contribution >= 0.6 is 0 Å². The van der Waals surface area contributed by atoms with Crippen molar-refractivity contribution >= 4 is 46.0 Å². The summed E-state index contributed by atoms with van der Waals surface area (Å²) in [6, 6.07) is 16.5. The van der Waals surface area contributed by atoms with Crippen LogP contribution in [0.4, 0.5) is 17.2 Å². The molecule has 2 aromatic heterocycles. The van der Waals surface area contributed by atoms with Gasteiger partial charge in [0.15, 0.2) is 12.1 Å². The fraction of sp³-hybridized carbons (Fsp3) is 0.333. The zero-order valence-corrected chi connectivity index (χ0v) is 21.1. The number of anilines is 2. The molecule has 0 spiro atoms. The van der Waals surface area contributed by atoms with Crippen LogP contribution in [0.5, 0.6) is 0 Å². The maximum atomic E-state index is 5.35. The highest BCUT2D eigenvalue weighted by atomic mass is 16.5. The van der Waals surface area contributed by atoms with Crippen LogP contribution in [0.25, 0.3) is 23.1 Å². The lowest BCUT2D eigenvalue weighted by Crippen LogP contribution is -2.17. The summed E-state index contributed by atoms with van der Waals surface area (Å²) in [6.07, 6.45) is 13.8. The second-order valence-corrected chi connectivity index (χ2v) is 9.50. The average Bonchev–Trinajstić information content (AvgIpc) is 3.44. The monoisotopic (exact) mass is 479 g/mol. The molecule has 0 aliphatic heterocycles. The number of rotatable bonds is 8. The number of nitrogens with one attached hydrogen (secondary N) is 1. The molecule has 36 heavy (non-hydrogen) atoms. The Hall–Kier alpha value is -3.80. The van der Waals surface area contributed by atoms with E-state index in [1.54, 1.807) is 6.08 Å². The number of fused-ring (bicyclic) bond motifs is 1. The van der Waals surface area contributed by atoms with Crippen molar-refractivity contribution in [2.24, 2.45) is 10.9 Å². The molecule has 1 fully saturated rings. The molecule has 1 N–H and O–H groups in total. The predicted octanol–water partition coefficient (Wildman–Crippen LogP) is 8.29. The van der Waals surface area contributed by atoms with Gasteiger partial charge >= 0.3 is 0 Å². The maximum Gasteiger partial charge on any atom is 0.250 e. The van der Waals surface area contributed by atoms with Crippen molar-refractivity contribution in [1.82, 2.24) is 15.1 Å². The number of aryl methyl sites for hydroxylation is 1. The Kier molecular flexibility index (Phi) is 7.50. The first kappa shape index (κ1) is 23.9. The Balaban J connectivity index is 1.49. The Morgan fingerprint density at radius 1 is 1.06 bits per heavy atom. The van der Waals surface area contributed by atoms with Gasteiger partial charge in [0.1, 0.15) is 5.69 Å². The van der Waals surface area contributed by atoms with E-state index in [0.29, 0.717) is 11.8 Å². The Morgan fingerprint density at radius 3 is 2.61 bits per heavy atom. The largest absolute Gasteiger partial charge is 0.338 e. The minimum Gasteiger partial charge on any atom is -0.338 e. The summed E-state index contributed by atoms with van der Waals surface area (Å²) < 4.78 is 5.03. The molecule has 184 valence electrons. The summed E-state index contributed by atoms with van der Waals surface area (Å²) in [5.41, 5.74) is 6.46. The third-order valence-electron chi connectivity index (χ3n) is 6.93. The van der Waals surface area contributed by atoms with Crippen LogP contribution in [0.1, 0.15) is 68.9 Å². The van der Waals surface area contributed by atoms with Gasteiger partial charge in [0.25, 0.3) is 0 Å². The minimum atomic E-state index is 0.483. The van der Waals surface area contributed by atoms with Crippen molar-refractivity contribution in [3.63, 3.8) is 0 Å². The fourth-order valence-corrected chi connectivity index (χ4v) is 5.01. The molecule has 0 bridgehead atoms. The van der Waals surface area contributed by atoms with Gasteiger partial charge in [0, 0.05) is 22.9 Å². The second kappa shape index (κ2) is 11.3. The van der Waals surface area contributed by atoms with Gasteiger partial charge < -0.3 is 9.84 Å². The number of para-hydroxylation sites is 1. The van der Waals surface area contributed by atoms with E-state index in [1.807, 2.05) is 12.1 Å². The molecule has 4 aromatic rings. The van der Waals surface area contributed by atoms with Crippen LogP contribution in [-0.4, -0.2) is 20.8 Å². The summed E-state index contributed by atoms with van der Waals surface area (Å²) >= 11 is 0. The van der Waals surface area contributed by atoms with Crippen molar-refractivity contribution in [2.75, 3.05) is 5.32 Å². The molecular weight excluding hydrogens is 446 g/mol. The first-order chi connectivity index (χ1) is 17.7. The van der Waals surface area contributed by atoms with Crippen LogP contribution in [0.15, 0.2) is 64.4 Å². The van der Waals surface area contributed by atoms with Crippen molar-refractivity contribution in [3.8, 4) is 0 Å². The number of nitrogens with zero attached hydrogens (tertiary/aromatic N) is 4. The average molecular weight is 480 g/mol. The number of benzene rings is 2. The third-order valence-corrected chi connectivity index (χ3v) is 6.93. The SMILES string of the molecule is CCC/C(=N\c1c(Nc2ccc(/C=C/c3ncno3)cc2)nc2ccccc2c1C)C1CCCCC1. The molecule has 6 nitrogen and oxygen atoms in total. The van der Waals surface area contributed by atoms with E-state index >= 15 is 0 Å². The molecule has 2 aromatic carbocycles. The highest BCUT2D eigenvalue weighted by Crippen LogP contribution is 2.37. The highest BCUT2D eigenvalue weighted by Gasteiger charge is 2.21. The molecular formula is C30H33N5O. The molecule has 1 aliphatic carbocycles. The van der Waals surface area contributed by atoms with E-state index in [1.165, 1.54) is 49.7 Å². The smallest absolute Gasteiger partial charge is 0.250 e. The lowest BCUT2D eigenvalue weighted by molar-refractivity contribution is 0.409. The number of pyridine rings is 1. The third kappa shape index (κ3) is 5.54. The topological polar surface area (TPSA) is 76.2 Å².